The van der Waals surface area contributed by atoms with Gasteiger partial charge in [-0.2, -0.15) is 10.4 Å². The second kappa shape index (κ2) is 11.1. The van der Waals surface area contributed by atoms with Gasteiger partial charge >= 0.3 is 11.9 Å². The van der Waals surface area contributed by atoms with Gasteiger partial charge in [0, 0.05) is 12.1 Å². The Morgan fingerprint density at radius 2 is 1.80 bits per heavy atom. The van der Waals surface area contributed by atoms with Crippen molar-refractivity contribution in [1.82, 2.24) is 9.78 Å². The normalized spacial score (nSPS) is 11.3. The van der Waals surface area contributed by atoms with E-state index in [9.17, 15) is 14.4 Å². The predicted octanol–water partition coefficient (Wildman–Crippen LogP) is 3.65. The molecule has 9 nitrogen and oxygen atoms in total. The van der Waals surface area contributed by atoms with Crippen LogP contribution >= 0.6 is 0 Å². The van der Waals surface area contributed by atoms with Crippen molar-refractivity contribution >= 4 is 23.5 Å². The number of carbonyl (C=O) groups is 3. The van der Waals surface area contributed by atoms with Crippen LogP contribution in [-0.4, -0.2) is 40.8 Å². The Morgan fingerprint density at radius 3 is 2.46 bits per heavy atom. The van der Waals surface area contributed by atoms with E-state index in [0.29, 0.717) is 17.7 Å². The second-order valence-electron chi connectivity index (χ2n) is 7.88. The van der Waals surface area contributed by atoms with Gasteiger partial charge in [-0.15, -0.1) is 0 Å². The molecule has 0 fully saturated rings. The van der Waals surface area contributed by atoms with E-state index in [2.05, 4.69) is 10.4 Å². The number of nitrogens with one attached hydrogen (secondary N) is 1. The SMILES string of the molecule is COC(=O)CCc1c(C)nn(-c2ccc(C(=O)OC(C)C(=O)Nc3ccccc3C#N)cc2)c1C. The Morgan fingerprint density at radius 1 is 1.11 bits per heavy atom. The number of nitriles is 1. The number of esters is 2. The number of aromatic nitrogens is 2. The number of anilines is 1. The quantitative estimate of drug-likeness (QED) is 0.494. The maximum Gasteiger partial charge on any atom is 0.338 e. The molecule has 1 unspecified atom stereocenters. The smallest absolute Gasteiger partial charge is 0.338 e. The molecule has 0 aliphatic heterocycles. The molecule has 1 N–H and O–H groups in total. The second-order valence-corrected chi connectivity index (χ2v) is 7.88. The van der Waals surface area contributed by atoms with Gasteiger partial charge in [-0.05, 0) is 69.2 Å². The summed E-state index contributed by atoms with van der Waals surface area (Å²) in [6.07, 6.45) is -0.280. The number of carbonyl (C=O) groups excluding carboxylic acids is 3. The number of nitrogens with zero attached hydrogens (tertiary/aromatic N) is 3. The molecule has 0 saturated carbocycles. The van der Waals surface area contributed by atoms with Crippen molar-refractivity contribution in [1.29, 1.82) is 5.26 Å². The number of ether oxygens (including phenoxy) is 2. The molecule has 1 heterocycles. The molecule has 0 aliphatic rings. The standard InChI is InChI=1S/C26H26N4O5/c1-16-22(13-14-24(31)34-4)17(2)30(29-16)21-11-9-19(10-12-21)26(33)35-18(3)25(32)28-23-8-6-5-7-20(23)15-27/h5-12,18H,13-14H2,1-4H3,(H,28,32). The highest BCUT2D eigenvalue weighted by molar-refractivity contribution is 5.98. The van der Waals surface area contributed by atoms with Crippen LogP contribution in [0.5, 0.6) is 0 Å². The third kappa shape index (κ3) is 5.92. The molecule has 1 atom stereocenters. The Labute approximate surface area is 203 Å². The lowest BCUT2D eigenvalue weighted by atomic mass is 10.1. The zero-order valence-electron chi connectivity index (χ0n) is 20.0. The maximum atomic E-state index is 12.6. The fourth-order valence-corrected chi connectivity index (χ4v) is 3.56. The van der Waals surface area contributed by atoms with E-state index in [1.807, 2.05) is 19.9 Å². The molecular formula is C26H26N4O5. The van der Waals surface area contributed by atoms with Gasteiger partial charge in [0.2, 0.25) is 0 Å². The Balaban J connectivity index is 1.66. The fraction of sp³-hybridized carbons (Fsp3) is 0.269. The van der Waals surface area contributed by atoms with Gasteiger partial charge in [0.1, 0.15) is 6.07 Å². The van der Waals surface area contributed by atoms with Crippen molar-refractivity contribution in [2.45, 2.75) is 39.7 Å². The summed E-state index contributed by atoms with van der Waals surface area (Å²) in [5.41, 5.74) is 4.35. The van der Waals surface area contributed by atoms with Crippen LogP contribution in [-0.2, 0) is 25.5 Å². The summed E-state index contributed by atoms with van der Waals surface area (Å²) in [7, 11) is 1.36. The summed E-state index contributed by atoms with van der Waals surface area (Å²) in [6.45, 7) is 5.26. The van der Waals surface area contributed by atoms with Crippen LogP contribution in [0.3, 0.4) is 0 Å². The Bertz CT molecular complexity index is 1290. The molecule has 2 aromatic carbocycles. The lowest BCUT2D eigenvalue weighted by Crippen LogP contribution is -2.30. The van der Waals surface area contributed by atoms with Crippen LogP contribution < -0.4 is 5.32 Å². The van der Waals surface area contributed by atoms with Gasteiger partial charge in [-0.25, -0.2) is 9.48 Å². The van der Waals surface area contributed by atoms with E-state index >= 15 is 0 Å². The summed E-state index contributed by atoms with van der Waals surface area (Å²) in [6, 6.07) is 15.2. The molecule has 9 heteroatoms. The first-order valence-corrected chi connectivity index (χ1v) is 11.0. The largest absolute Gasteiger partial charge is 0.469 e. The molecule has 0 bridgehead atoms. The van der Waals surface area contributed by atoms with Gasteiger partial charge in [0.05, 0.1) is 35.3 Å². The van der Waals surface area contributed by atoms with Crippen molar-refractivity contribution in [3.8, 4) is 11.8 Å². The molecular weight excluding hydrogens is 448 g/mol. The molecule has 180 valence electrons. The molecule has 1 aromatic heterocycles. The fourth-order valence-electron chi connectivity index (χ4n) is 3.56. The number of rotatable bonds is 8. The third-order valence-electron chi connectivity index (χ3n) is 5.55. The van der Waals surface area contributed by atoms with Crippen molar-refractivity contribution < 1.29 is 23.9 Å². The van der Waals surface area contributed by atoms with E-state index in [1.165, 1.54) is 14.0 Å². The summed E-state index contributed by atoms with van der Waals surface area (Å²) >= 11 is 0. The molecule has 3 aromatic rings. The van der Waals surface area contributed by atoms with Crippen LogP contribution in [0, 0.1) is 25.2 Å². The van der Waals surface area contributed by atoms with Crippen LogP contribution in [0.1, 0.15) is 46.2 Å². The number of hydrogen-bond donors (Lipinski definition) is 1. The molecule has 0 saturated heterocycles. The summed E-state index contributed by atoms with van der Waals surface area (Å²) in [4.78, 5) is 36.5. The van der Waals surface area contributed by atoms with Gasteiger partial charge in [0.25, 0.3) is 5.91 Å². The number of methoxy groups -OCH3 is 1. The minimum absolute atomic E-state index is 0.266. The van der Waals surface area contributed by atoms with Crippen LogP contribution in [0.15, 0.2) is 48.5 Å². The number of hydrogen-bond acceptors (Lipinski definition) is 7. The van der Waals surface area contributed by atoms with Crippen molar-refractivity contribution in [2.75, 3.05) is 12.4 Å². The topological polar surface area (TPSA) is 123 Å². The maximum absolute atomic E-state index is 12.6. The lowest BCUT2D eigenvalue weighted by Gasteiger charge is -2.14. The Kier molecular flexibility index (Phi) is 8.00. The van der Waals surface area contributed by atoms with E-state index < -0.39 is 18.0 Å². The number of benzene rings is 2. The zero-order valence-corrected chi connectivity index (χ0v) is 20.0. The third-order valence-corrected chi connectivity index (χ3v) is 5.55. The van der Waals surface area contributed by atoms with Gasteiger partial charge in [-0.3, -0.25) is 9.59 Å². The van der Waals surface area contributed by atoms with Crippen molar-refractivity contribution in [3.63, 3.8) is 0 Å². The highest BCUT2D eigenvalue weighted by Crippen LogP contribution is 2.20. The number of aryl methyl sites for hydroxylation is 1. The van der Waals surface area contributed by atoms with Crippen LogP contribution in [0.2, 0.25) is 0 Å². The minimum atomic E-state index is -1.07. The van der Waals surface area contributed by atoms with Crippen LogP contribution in [0.4, 0.5) is 5.69 Å². The van der Waals surface area contributed by atoms with Gasteiger partial charge in [-0.1, -0.05) is 12.1 Å². The van der Waals surface area contributed by atoms with Crippen molar-refractivity contribution in [2.24, 2.45) is 0 Å². The molecule has 1 amide bonds. The van der Waals surface area contributed by atoms with E-state index in [4.69, 9.17) is 14.7 Å². The van der Waals surface area contributed by atoms with Gasteiger partial charge in [0.15, 0.2) is 6.10 Å². The van der Waals surface area contributed by atoms with E-state index in [0.717, 1.165) is 22.6 Å². The average Bonchev–Trinajstić information content (AvgIpc) is 3.15. The minimum Gasteiger partial charge on any atom is -0.469 e. The molecule has 0 spiro atoms. The molecule has 0 radical (unpaired) electrons. The Hall–Kier alpha value is -4.45. The molecule has 3 rings (SSSR count). The predicted molar refractivity (Wildman–Crippen MR) is 128 cm³/mol. The highest BCUT2D eigenvalue weighted by atomic mass is 16.5. The first kappa shape index (κ1) is 25.2. The van der Waals surface area contributed by atoms with Gasteiger partial charge < -0.3 is 14.8 Å². The van der Waals surface area contributed by atoms with Crippen molar-refractivity contribution in [3.05, 3.63) is 76.6 Å². The molecule has 0 aliphatic carbocycles. The summed E-state index contributed by atoms with van der Waals surface area (Å²) < 4.78 is 11.8. The van der Waals surface area contributed by atoms with Crippen LogP contribution in [0.25, 0.3) is 5.69 Å². The number of amides is 1. The highest BCUT2D eigenvalue weighted by Gasteiger charge is 2.20. The summed E-state index contributed by atoms with van der Waals surface area (Å²) in [5.74, 6) is -1.48. The lowest BCUT2D eigenvalue weighted by molar-refractivity contribution is -0.140. The first-order chi connectivity index (χ1) is 16.7. The summed E-state index contributed by atoms with van der Waals surface area (Å²) in [5, 5.41) is 16.3. The molecule has 35 heavy (non-hydrogen) atoms. The average molecular weight is 475 g/mol. The zero-order chi connectivity index (χ0) is 25.5. The van der Waals surface area contributed by atoms with E-state index in [1.54, 1.807) is 53.2 Å². The number of para-hydroxylation sites is 1. The first-order valence-electron chi connectivity index (χ1n) is 11.0. The van der Waals surface area contributed by atoms with E-state index in [-0.39, 0.29) is 18.0 Å². The monoisotopic (exact) mass is 474 g/mol.